The summed E-state index contributed by atoms with van der Waals surface area (Å²) in [6, 6.07) is 1.78. The Kier molecular flexibility index (Phi) is 2.83. The fourth-order valence-corrected chi connectivity index (χ4v) is 0.373. The van der Waals surface area contributed by atoms with E-state index in [0.717, 1.165) is 0 Å². The summed E-state index contributed by atoms with van der Waals surface area (Å²) < 4.78 is 14.4. The lowest BCUT2D eigenvalue weighted by Gasteiger charge is -1.75. The molecule has 0 N–H and O–H groups in total. The molecule has 1 nitrogen and oxygen atoms in total. The first-order valence-corrected chi connectivity index (χ1v) is 3.08. The van der Waals surface area contributed by atoms with Gasteiger partial charge in [-0.1, -0.05) is 22.6 Å². The SMILES string of the molecule is [2H]C([2H])(CI)CC#N. The highest BCUT2D eigenvalue weighted by molar-refractivity contribution is 14.1. The average Bonchev–Trinajstić information content (AvgIpc) is 1.67. The lowest BCUT2D eigenvalue weighted by atomic mass is 10.4. The van der Waals surface area contributed by atoms with E-state index < -0.39 is 6.37 Å². The molecule has 6 heavy (non-hydrogen) atoms. The summed E-state index contributed by atoms with van der Waals surface area (Å²) in [6.45, 7) is 0. The van der Waals surface area contributed by atoms with Gasteiger partial charge in [-0.2, -0.15) is 5.26 Å². The van der Waals surface area contributed by atoms with E-state index in [4.69, 9.17) is 8.00 Å². The molecule has 0 heterocycles. The summed E-state index contributed by atoms with van der Waals surface area (Å²) in [7, 11) is 0. The van der Waals surface area contributed by atoms with Crippen LogP contribution < -0.4 is 0 Å². The van der Waals surface area contributed by atoms with Crippen molar-refractivity contribution in [1.82, 2.24) is 0 Å². The Morgan fingerprint density at radius 3 is 2.83 bits per heavy atom. The lowest BCUT2D eigenvalue weighted by molar-refractivity contribution is 0.997. The Bertz CT molecular complexity index is 107. The molecule has 0 fully saturated rings. The van der Waals surface area contributed by atoms with E-state index in [9.17, 15) is 0 Å². The van der Waals surface area contributed by atoms with E-state index in [2.05, 4.69) is 0 Å². The monoisotopic (exact) mass is 197 g/mol. The van der Waals surface area contributed by atoms with Gasteiger partial charge >= 0.3 is 0 Å². The Morgan fingerprint density at radius 1 is 2.00 bits per heavy atom. The number of hydrogen-bond acceptors (Lipinski definition) is 1. The molecule has 2 heteroatoms. The van der Waals surface area contributed by atoms with E-state index in [1.54, 1.807) is 6.07 Å². The van der Waals surface area contributed by atoms with Crippen LogP contribution in [0.1, 0.15) is 15.5 Å². The zero-order valence-corrected chi connectivity index (χ0v) is 5.40. The van der Waals surface area contributed by atoms with Gasteiger partial charge in [0.1, 0.15) is 0 Å². The normalized spacial score (nSPS) is 14.7. The number of halogens is 1. The fourth-order valence-electron chi connectivity index (χ4n) is 0.103. The minimum atomic E-state index is -1.28. The van der Waals surface area contributed by atoms with Gasteiger partial charge in [-0.15, -0.1) is 0 Å². The Morgan fingerprint density at radius 2 is 2.67 bits per heavy atom. The summed E-state index contributed by atoms with van der Waals surface area (Å²) in [4.78, 5) is 0. The molecule has 0 spiro atoms. The number of nitrogens with zero attached hydrogens (tertiary/aromatic N) is 1. The topological polar surface area (TPSA) is 23.8 Å². The molecule has 0 unspecified atom stereocenters. The molecule has 0 amide bonds. The Balaban J connectivity index is 3.58. The minimum absolute atomic E-state index is 0.00403. The summed E-state index contributed by atoms with van der Waals surface area (Å²) in [5.41, 5.74) is 0. The van der Waals surface area contributed by atoms with Gasteiger partial charge in [0.05, 0.1) is 6.07 Å². The van der Waals surface area contributed by atoms with E-state index in [1.165, 1.54) is 0 Å². The predicted molar refractivity (Wildman–Crippen MR) is 33.7 cm³/mol. The van der Waals surface area contributed by atoms with Crippen molar-refractivity contribution in [3.8, 4) is 6.07 Å². The molecular formula is C4H6IN. The molecule has 0 rings (SSSR count). The number of alkyl halides is 1. The van der Waals surface area contributed by atoms with Crippen LogP contribution in [0.25, 0.3) is 0 Å². The van der Waals surface area contributed by atoms with Crippen LogP contribution in [0.15, 0.2) is 0 Å². The van der Waals surface area contributed by atoms with E-state index in [0.29, 0.717) is 4.43 Å². The first-order chi connectivity index (χ1) is 3.62. The molecule has 0 aromatic carbocycles. The van der Waals surface area contributed by atoms with Crippen LogP contribution in [0, 0.1) is 11.3 Å². The van der Waals surface area contributed by atoms with Crippen LogP contribution in [0.3, 0.4) is 0 Å². The first kappa shape index (κ1) is 3.25. The van der Waals surface area contributed by atoms with Gasteiger partial charge in [0, 0.05) is 13.6 Å². The second kappa shape index (κ2) is 5.22. The van der Waals surface area contributed by atoms with Crippen LogP contribution in [-0.4, -0.2) is 4.43 Å². The van der Waals surface area contributed by atoms with Crippen molar-refractivity contribution in [3.05, 3.63) is 0 Å². The summed E-state index contributed by atoms with van der Waals surface area (Å²) in [5, 5.41) is 8.04. The second-order valence-corrected chi connectivity index (χ2v) is 1.48. The highest BCUT2D eigenvalue weighted by atomic mass is 127. The van der Waals surface area contributed by atoms with Crippen molar-refractivity contribution in [2.45, 2.75) is 12.8 Å². The summed E-state index contributed by atoms with van der Waals surface area (Å²) >= 11 is 1.93. The van der Waals surface area contributed by atoms with Crippen molar-refractivity contribution < 1.29 is 2.74 Å². The van der Waals surface area contributed by atoms with Gasteiger partial charge in [-0.3, -0.25) is 0 Å². The van der Waals surface area contributed by atoms with Crippen molar-refractivity contribution in [3.63, 3.8) is 0 Å². The molecule has 0 aliphatic rings. The maximum Gasteiger partial charge on any atom is 0.0622 e. The first-order valence-electron chi connectivity index (χ1n) is 2.55. The quantitative estimate of drug-likeness (QED) is 0.488. The van der Waals surface area contributed by atoms with Gasteiger partial charge < -0.3 is 0 Å². The van der Waals surface area contributed by atoms with E-state index in [1.807, 2.05) is 22.6 Å². The highest BCUT2D eigenvalue weighted by Gasteiger charge is 1.75. The second-order valence-electron chi connectivity index (χ2n) is 0.719. The molecule has 0 saturated carbocycles. The zero-order chi connectivity index (χ0) is 6.62. The molecule has 0 radical (unpaired) electrons. The zero-order valence-electron chi connectivity index (χ0n) is 5.24. The summed E-state index contributed by atoms with van der Waals surface area (Å²) in [5.74, 6) is 0. The number of nitriles is 1. The third-order valence-corrected chi connectivity index (χ3v) is 0.838. The van der Waals surface area contributed by atoms with Gasteiger partial charge in [0.15, 0.2) is 0 Å². The van der Waals surface area contributed by atoms with Crippen molar-refractivity contribution >= 4 is 22.6 Å². The van der Waals surface area contributed by atoms with Gasteiger partial charge in [0.2, 0.25) is 0 Å². The standard InChI is InChI=1S/C4H6IN/c5-3-1-2-4-6/h1-3H2/i1D2. The molecule has 0 aliphatic carbocycles. The van der Waals surface area contributed by atoms with Crippen LogP contribution in [0.5, 0.6) is 0 Å². The molecule has 34 valence electrons. The maximum atomic E-state index is 8.04. The van der Waals surface area contributed by atoms with Crippen LogP contribution in [0.2, 0.25) is 0 Å². The van der Waals surface area contributed by atoms with E-state index >= 15 is 0 Å². The summed E-state index contributed by atoms with van der Waals surface area (Å²) in [6.07, 6.45) is -1.29. The molecule has 0 saturated heterocycles. The lowest BCUT2D eigenvalue weighted by Crippen LogP contribution is -1.67. The van der Waals surface area contributed by atoms with E-state index in [-0.39, 0.29) is 6.42 Å². The van der Waals surface area contributed by atoms with Crippen LogP contribution in [-0.2, 0) is 0 Å². The van der Waals surface area contributed by atoms with Crippen molar-refractivity contribution in [2.24, 2.45) is 0 Å². The van der Waals surface area contributed by atoms with Crippen molar-refractivity contribution in [1.29, 1.82) is 5.26 Å². The largest absolute Gasteiger partial charge is 0.198 e. The van der Waals surface area contributed by atoms with Gasteiger partial charge in [-0.25, -0.2) is 0 Å². The van der Waals surface area contributed by atoms with Crippen molar-refractivity contribution in [2.75, 3.05) is 4.43 Å². The number of hydrogen-bond donors (Lipinski definition) is 0. The van der Waals surface area contributed by atoms with Gasteiger partial charge in [-0.05, 0) is 6.37 Å². The third kappa shape index (κ3) is 4.22. The highest BCUT2D eigenvalue weighted by Crippen LogP contribution is 1.90. The molecular weight excluding hydrogens is 189 g/mol. The Labute approximate surface area is 54.3 Å². The molecule has 0 aromatic heterocycles. The molecule has 0 atom stereocenters. The van der Waals surface area contributed by atoms with Crippen LogP contribution in [0.4, 0.5) is 0 Å². The smallest absolute Gasteiger partial charge is 0.0622 e. The fraction of sp³-hybridized carbons (Fsp3) is 0.750. The minimum Gasteiger partial charge on any atom is -0.198 e. The number of rotatable bonds is 2. The van der Waals surface area contributed by atoms with Gasteiger partial charge in [0.25, 0.3) is 0 Å². The average molecular weight is 197 g/mol. The molecule has 0 aromatic rings. The third-order valence-electron chi connectivity index (χ3n) is 0.299. The predicted octanol–water partition coefficient (Wildman–Crippen LogP) is 1.73. The van der Waals surface area contributed by atoms with Crippen LogP contribution >= 0.6 is 22.6 Å². The Hall–Kier alpha value is 0.220. The maximum absolute atomic E-state index is 8.04. The molecule has 0 bridgehead atoms. The molecule has 0 aliphatic heterocycles.